The van der Waals surface area contributed by atoms with Crippen molar-refractivity contribution in [3.63, 3.8) is 0 Å². The first kappa shape index (κ1) is 12.3. The van der Waals surface area contributed by atoms with Gasteiger partial charge in [0.05, 0.1) is 5.56 Å². The molecule has 2 rings (SSSR count). The van der Waals surface area contributed by atoms with E-state index in [1.54, 1.807) is 6.07 Å². The van der Waals surface area contributed by atoms with E-state index in [4.69, 9.17) is 17.3 Å². The lowest BCUT2D eigenvalue weighted by Crippen LogP contribution is -2.33. The normalized spacial score (nSPS) is 24.4. The molecule has 1 heterocycles. The summed E-state index contributed by atoms with van der Waals surface area (Å²) >= 11 is 5.83. The molecule has 1 aromatic rings. The number of anilines is 1. The Hall–Kier alpha value is -1.13. The molecule has 92 valence electrons. The highest BCUT2D eigenvalue weighted by Crippen LogP contribution is 2.24. The molecule has 4 nitrogen and oxygen atoms in total. The number of hydrogen-bond donors (Lipinski definition) is 2. The lowest BCUT2D eigenvalue weighted by Gasteiger charge is -2.28. The van der Waals surface area contributed by atoms with E-state index in [0.717, 1.165) is 37.7 Å². The number of hydrogen-bond acceptors (Lipinski definition) is 4. The van der Waals surface area contributed by atoms with Gasteiger partial charge in [-0.15, -0.1) is 0 Å². The average molecular weight is 254 g/mol. The van der Waals surface area contributed by atoms with E-state index in [-0.39, 0.29) is 0 Å². The Bertz CT molecular complexity index is 403. The highest BCUT2D eigenvalue weighted by molar-refractivity contribution is 6.29. The van der Waals surface area contributed by atoms with Crippen LogP contribution in [0.15, 0.2) is 12.3 Å². The van der Waals surface area contributed by atoms with Gasteiger partial charge < -0.3 is 11.1 Å². The van der Waals surface area contributed by atoms with Crippen LogP contribution in [0.5, 0.6) is 0 Å². The summed E-state index contributed by atoms with van der Waals surface area (Å²) in [6.45, 7) is 0. The van der Waals surface area contributed by atoms with Crippen molar-refractivity contribution in [3.8, 4) is 0 Å². The van der Waals surface area contributed by atoms with Gasteiger partial charge in [0.2, 0.25) is 0 Å². The molecule has 1 fully saturated rings. The summed E-state index contributed by atoms with van der Waals surface area (Å²) in [6.07, 6.45) is 6.38. The quantitative estimate of drug-likeness (QED) is 0.640. The summed E-state index contributed by atoms with van der Waals surface area (Å²) in [6, 6.07) is 2.38. The molecule has 3 N–H and O–H groups in total. The van der Waals surface area contributed by atoms with E-state index in [0.29, 0.717) is 22.8 Å². The lowest BCUT2D eigenvalue weighted by atomic mass is 9.91. The summed E-state index contributed by atoms with van der Waals surface area (Å²) in [5.74, 6) is 0. The van der Waals surface area contributed by atoms with E-state index >= 15 is 0 Å². The number of carbonyl (C=O) groups is 1. The van der Waals surface area contributed by atoms with Crippen molar-refractivity contribution in [2.45, 2.75) is 37.8 Å². The fourth-order valence-electron chi connectivity index (χ4n) is 2.14. The fourth-order valence-corrected chi connectivity index (χ4v) is 2.30. The number of aromatic nitrogens is 1. The van der Waals surface area contributed by atoms with E-state index in [2.05, 4.69) is 10.3 Å². The summed E-state index contributed by atoms with van der Waals surface area (Å²) in [5.41, 5.74) is 7.17. The molecule has 17 heavy (non-hydrogen) atoms. The Balaban J connectivity index is 2.07. The maximum Gasteiger partial charge on any atom is 0.153 e. The zero-order valence-electron chi connectivity index (χ0n) is 9.53. The molecule has 0 unspecified atom stereocenters. The molecule has 0 aliphatic heterocycles. The first-order valence-electron chi connectivity index (χ1n) is 5.82. The zero-order valence-corrected chi connectivity index (χ0v) is 10.3. The summed E-state index contributed by atoms with van der Waals surface area (Å²) < 4.78 is 0. The van der Waals surface area contributed by atoms with Crippen molar-refractivity contribution in [1.82, 2.24) is 4.98 Å². The molecule has 0 spiro atoms. The number of carbonyl (C=O) groups excluding carboxylic acids is 1. The highest BCUT2D eigenvalue weighted by atomic mass is 35.5. The van der Waals surface area contributed by atoms with Gasteiger partial charge in [0.15, 0.2) is 6.29 Å². The molecule has 0 saturated heterocycles. The number of nitrogens with two attached hydrogens (primary N) is 1. The molecular formula is C12H16ClN3O. The minimum absolute atomic E-state index is 0.319. The van der Waals surface area contributed by atoms with Gasteiger partial charge in [0, 0.05) is 24.0 Å². The Kier molecular flexibility index (Phi) is 3.97. The molecule has 0 aromatic carbocycles. The summed E-state index contributed by atoms with van der Waals surface area (Å²) in [7, 11) is 0. The van der Waals surface area contributed by atoms with Gasteiger partial charge in [-0.1, -0.05) is 11.6 Å². The molecule has 5 heteroatoms. The van der Waals surface area contributed by atoms with Crippen LogP contribution in [-0.2, 0) is 0 Å². The smallest absolute Gasteiger partial charge is 0.153 e. The van der Waals surface area contributed by atoms with Crippen molar-refractivity contribution in [1.29, 1.82) is 0 Å². The third kappa shape index (κ3) is 3.17. The van der Waals surface area contributed by atoms with Gasteiger partial charge >= 0.3 is 0 Å². The van der Waals surface area contributed by atoms with E-state index in [1.165, 1.54) is 6.20 Å². The van der Waals surface area contributed by atoms with Crippen molar-refractivity contribution in [3.05, 3.63) is 23.0 Å². The van der Waals surface area contributed by atoms with Crippen LogP contribution in [-0.4, -0.2) is 23.4 Å². The van der Waals surface area contributed by atoms with Gasteiger partial charge in [-0.05, 0) is 31.7 Å². The number of nitrogens with one attached hydrogen (secondary N) is 1. The van der Waals surface area contributed by atoms with E-state index < -0.39 is 0 Å². The number of aldehydes is 1. The third-order valence-electron chi connectivity index (χ3n) is 3.16. The molecule has 0 amide bonds. The Morgan fingerprint density at radius 3 is 2.76 bits per heavy atom. The fraction of sp³-hybridized carbons (Fsp3) is 0.500. The third-order valence-corrected chi connectivity index (χ3v) is 3.37. The highest BCUT2D eigenvalue weighted by Gasteiger charge is 2.19. The minimum atomic E-state index is 0.319. The molecule has 1 saturated carbocycles. The Morgan fingerprint density at radius 2 is 2.12 bits per heavy atom. The van der Waals surface area contributed by atoms with Gasteiger partial charge in [-0.3, -0.25) is 4.79 Å². The van der Waals surface area contributed by atoms with Crippen LogP contribution in [0.4, 0.5) is 5.69 Å². The predicted molar refractivity (Wildman–Crippen MR) is 68.5 cm³/mol. The van der Waals surface area contributed by atoms with E-state index in [1.807, 2.05) is 0 Å². The lowest BCUT2D eigenvalue weighted by molar-refractivity contribution is 0.112. The van der Waals surface area contributed by atoms with Crippen LogP contribution in [0.2, 0.25) is 5.15 Å². The van der Waals surface area contributed by atoms with E-state index in [9.17, 15) is 4.79 Å². The van der Waals surface area contributed by atoms with Crippen LogP contribution in [0.1, 0.15) is 36.0 Å². The standard InChI is InChI=1S/C12H16ClN3O/c13-12-5-11(8(7-17)6-15-12)16-10-3-1-9(14)2-4-10/h5-7,9-10H,1-4,14H2,(H,15,16). The van der Waals surface area contributed by atoms with Crippen molar-refractivity contribution < 1.29 is 4.79 Å². The number of nitrogens with zero attached hydrogens (tertiary/aromatic N) is 1. The van der Waals surface area contributed by atoms with Crippen molar-refractivity contribution >= 4 is 23.6 Å². The molecule has 1 aliphatic carbocycles. The second kappa shape index (κ2) is 5.47. The first-order valence-corrected chi connectivity index (χ1v) is 6.19. The van der Waals surface area contributed by atoms with Gasteiger partial charge in [-0.2, -0.15) is 0 Å². The second-order valence-electron chi connectivity index (χ2n) is 4.47. The number of rotatable bonds is 3. The molecule has 1 aromatic heterocycles. The van der Waals surface area contributed by atoms with Crippen LogP contribution >= 0.6 is 11.6 Å². The SMILES string of the molecule is NC1CCC(Nc2cc(Cl)ncc2C=O)CC1. The minimum Gasteiger partial charge on any atom is -0.382 e. The van der Waals surface area contributed by atoms with Gasteiger partial charge in [0.1, 0.15) is 5.15 Å². The molecular weight excluding hydrogens is 238 g/mol. The molecule has 1 aliphatic rings. The van der Waals surface area contributed by atoms with Crippen LogP contribution in [0.25, 0.3) is 0 Å². The topological polar surface area (TPSA) is 68.0 Å². The largest absolute Gasteiger partial charge is 0.382 e. The maximum atomic E-state index is 10.9. The van der Waals surface area contributed by atoms with Crippen LogP contribution < -0.4 is 11.1 Å². The average Bonchev–Trinajstić information content (AvgIpc) is 2.32. The monoisotopic (exact) mass is 253 g/mol. The van der Waals surface area contributed by atoms with Crippen molar-refractivity contribution in [2.24, 2.45) is 5.73 Å². The van der Waals surface area contributed by atoms with Crippen LogP contribution in [0, 0.1) is 0 Å². The molecule has 0 bridgehead atoms. The Labute approximate surface area is 106 Å². The predicted octanol–water partition coefficient (Wildman–Crippen LogP) is 2.23. The number of halogens is 1. The second-order valence-corrected chi connectivity index (χ2v) is 4.86. The van der Waals surface area contributed by atoms with Crippen LogP contribution in [0.3, 0.4) is 0 Å². The van der Waals surface area contributed by atoms with Crippen molar-refractivity contribution in [2.75, 3.05) is 5.32 Å². The van der Waals surface area contributed by atoms with Gasteiger partial charge in [-0.25, -0.2) is 4.98 Å². The summed E-state index contributed by atoms with van der Waals surface area (Å²) in [4.78, 5) is 14.8. The maximum absolute atomic E-state index is 10.9. The van der Waals surface area contributed by atoms with Gasteiger partial charge in [0.25, 0.3) is 0 Å². The summed E-state index contributed by atoms with van der Waals surface area (Å²) in [5, 5.41) is 3.74. The first-order chi connectivity index (χ1) is 8.19. The Morgan fingerprint density at radius 1 is 1.41 bits per heavy atom. The zero-order chi connectivity index (χ0) is 12.3. The molecule has 0 radical (unpaired) electrons. The number of pyridine rings is 1. The molecule has 0 atom stereocenters.